The SMILES string of the molecule is NC(Cc1nc(-c2ccc(F)cn2)no1)C(=O)NC1=C(C(=O)O)CC(c2cc(F)cc(F)c2F)CC1. The Morgan fingerprint density at radius 2 is 1.97 bits per heavy atom. The first-order chi connectivity index (χ1) is 17.1. The lowest BCUT2D eigenvalue weighted by Crippen LogP contribution is -2.42. The van der Waals surface area contributed by atoms with Gasteiger partial charge in [0.05, 0.1) is 24.2 Å². The molecule has 2 heterocycles. The minimum Gasteiger partial charge on any atom is -0.478 e. The van der Waals surface area contributed by atoms with E-state index in [9.17, 15) is 32.3 Å². The van der Waals surface area contributed by atoms with Crippen molar-refractivity contribution >= 4 is 11.9 Å². The van der Waals surface area contributed by atoms with E-state index in [0.717, 1.165) is 12.3 Å². The summed E-state index contributed by atoms with van der Waals surface area (Å²) < 4.78 is 59.5. The van der Waals surface area contributed by atoms with Crippen molar-refractivity contribution in [3.05, 3.63) is 76.5 Å². The number of nitrogens with two attached hydrogens (primary N) is 1. The molecule has 0 bridgehead atoms. The first-order valence-electron chi connectivity index (χ1n) is 10.7. The van der Waals surface area contributed by atoms with Crippen LogP contribution in [0.2, 0.25) is 0 Å². The lowest BCUT2D eigenvalue weighted by Gasteiger charge is -2.27. The first-order valence-corrected chi connectivity index (χ1v) is 10.7. The Hall–Kier alpha value is -4.13. The van der Waals surface area contributed by atoms with Crippen LogP contribution in [0.3, 0.4) is 0 Å². The number of halogens is 4. The molecule has 0 spiro atoms. The van der Waals surface area contributed by atoms with Gasteiger partial charge in [0.2, 0.25) is 17.6 Å². The molecule has 3 aromatic rings. The summed E-state index contributed by atoms with van der Waals surface area (Å²) in [5.74, 6) is -6.96. The molecule has 9 nitrogen and oxygen atoms in total. The Morgan fingerprint density at radius 3 is 2.67 bits per heavy atom. The molecular formula is C23H19F4N5O4. The summed E-state index contributed by atoms with van der Waals surface area (Å²) >= 11 is 0. The fraction of sp³-hybridized carbons (Fsp3) is 0.261. The average molecular weight is 505 g/mol. The highest BCUT2D eigenvalue weighted by molar-refractivity contribution is 5.90. The molecule has 2 aromatic heterocycles. The molecule has 36 heavy (non-hydrogen) atoms. The van der Waals surface area contributed by atoms with Crippen LogP contribution in [-0.2, 0) is 16.0 Å². The van der Waals surface area contributed by atoms with Gasteiger partial charge in [0.25, 0.3) is 0 Å². The van der Waals surface area contributed by atoms with Gasteiger partial charge in [-0.15, -0.1) is 0 Å². The van der Waals surface area contributed by atoms with Crippen LogP contribution in [0.5, 0.6) is 0 Å². The molecule has 1 amide bonds. The highest BCUT2D eigenvalue weighted by Gasteiger charge is 2.31. The molecule has 13 heteroatoms. The van der Waals surface area contributed by atoms with Gasteiger partial charge in [-0.1, -0.05) is 5.16 Å². The lowest BCUT2D eigenvalue weighted by atomic mass is 9.81. The maximum absolute atomic E-state index is 14.2. The van der Waals surface area contributed by atoms with E-state index >= 15 is 0 Å². The molecule has 4 rings (SSSR count). The molecule has 0 radical (unpaired) electrons. The number of aromatic nitrogens is 3. The van der Waals surface area contributed by atoms with Gasteiger partial charge < -0.3 is 20.7 Å². The van der Waals surface area contributed by atoms with E-state index in [1.165, 1.54) is 12.1 Å². The highest BCUT2D eigenvalue weighted by atomic mass is 19.2. The Morgan fingerprint density at radius 1 is 1.19 bits per heavy atom. The Bertz CT molecular complexity index is 1340. The van der Waals surface area contributed by atoms with Crippen LogP contribution in [0.25, 0.3) is 11.5 Å². The summed E-state index contributed by atoms with van der Waals surface area (Å²) in [6.07, 6.45) is 0.679. The predicted molar refractivity (Wildman–Crippen MR) is 115 cm³/mol. The van der Waals surface area contributed by atoms with Crippen molar-refractivity contribution in [2.24, 2.45) is 5.73 Å². The zero-order valence-corrected chi connectivity index (χ0v) is 18.5. The number of nitrogens with one attached hydrogen (secondary N) is 1. The first kappa shape index (κ1) is 25.0. The maximum atomic E-state index is 14.2. The van der Waals surface area contributed by atoms with Crippen molar-refractivity contribution in [1.29, 1.82) is 0 Å². The number of carboxylic acids is 1. The van der Waals surface area contributed by atoms with Crippen molar-refractivity contribution in [1.82, 2.24) is 20.4 Å². The summed E-state index contributed by atoms with van der Waals surface area (Å²) in [6.45, 7) is 0. The second kappa shape index (κ2) is 10.2. The molecule has 0 fully saturated rings. The number of aliphatic carboxylic acids is 1. The largest absolute Gasteiger partial charge is 0.478 e. The quantitative estimate of drug-likeness (QED) is 0.328. The predicted octanol–water partition coefficient (Wildman–Crippen LogP) is 2.98. The van der Waals surface area contributed by atoms with Gasteiger partial charge in [0.1, 0.15) is 17.3 Å². The Labute approximate surface area is 201 Å². The standard InChI is InChI=1S/C23H19F4N5O4/c24-11-2-4-18(29-9-11)21-31-19(36-32-21)8-16(28)22(33)30-17-3-1-10(5-14(17)23(34)35)13-6-12(25)7-15(26)20(13)27/h2,4,6-7,9-10,16H,1,3,5,8,28H2,(H,30,33)(H,34,35). The van der Waals surface area contributed by atoms with Crippen LogP contribution in [0.1, 0.15) is 36.6 Å². The van der Waals surface area contributed by atoms with Gasteiger partial charge in [0, 0.05) is 11.8 Å². The summed E-state index contributed by atoms with van der Waals surface area (Å²) in [5.41, 5.74) is 5.74. The molecule has 4 N–H and O–H groups in total. The monoisotopic (exact) mass is 505 g/mol. The van der Waals surface area contributed by atoms with Crippen molar-refractivity contribution in [2.45, 2.75) is 37.6 Å². The van der Waals surface area contributed by atoms with Gasteiger partial charge in [-0.2, -0.15) is 4.98 Å². The van der Waals surface area contributed by atoms with Crippen molar-refractivity contribution in [2.75, 3.05) is 0 Å². The fourth-order valence-electron chi connectivity index (χ4n) is 3.91. The van der Waals surface area contributed by atoms with Crippen molar-refractivity contribution < 1.29 is 36.8 Å². The van der Waals surface area contributed by atoms with Crippen molar-refractivity contribution in [3.8, 4) is 11.5 Å². The number of hydrogen-bond acceptors (Lipinski definition) is 7. The summed E-state index contributed by atoms with van der Waals surface area (Å²) in [6, 6.07) is 2.55. The number of rotatable bonds is 7. The molecule has 2 atom stereocenters. The minimum absolute atomic E-state index is 0.00136. The number of benzene rings is 1. The van der Waals surface area contributed by atoms with Crippen LogP contribution in [-0.4, -0.2) is 38.1 Å². The molecule has 1 aromatic carbocycles. The fourth-order valence-corrected chi connectivity index (χ4v) is 3.91. The number of carboxylic acid groups (broad SMARTS) is 1. The Balaban J connectivity index is 1.45. The van der Waals surface area contributed by atoms with Crippen LogP contribution in [0.4, 0.5) is 17.6 Å². The van der Waals surface area contributed by atoms with E-state index in [1.807, 2.05) is 0 Å². The normalized spacial score (nSPS) is 16.6. The van der Waals surface area contributed by atoms with Crippen LogP contribution >= 0.6 is 0 Å². The number of amides is 1. The van der Waals surface area contributed by atoms with E-state index in [2.05, 4.69) is 20.4 Å². The van der Waals surface area contributed by atoms with E-state index in [-0.39, 0.29) is 59.9 Å². The zero-order chi connectivity index (χ0) is 26.0. The third-order valence-corrected chi connectivity index (χ3v) is 5.71. The van der Waals surface area contributed by atoms with E-state index in [4.69, 9.17) is 10.3 Å². The van der Waals surface area contributed by atoms with Crippen molar-refractivity contribution in [3.63, 3.8) is 0 Å². The third kappa shape index (κ3) is 5.40. The molecule has 2 unspecified atom stereocenters. The van der Waals surface area contributed by atoms with Gasteiger partial charge >= 0.3 is 5.97 Å². The average Bonchev–Trinajstić information content (AvgIpc) is 3.30. The van der Waals surface area contributed by atoms with Gasteiger partial charge in [0.15, 0.2) is 11.6 Å². The van der Waals surface area contributed by atoms with Crippen LogP contribution in [0.15, 0.2) is 46.3 Å². The molecule has 0 aliphatic heterocycles. The smallest absolute Gasteiger partial charge is 0.333 e. The summed E-state index contributed by atoms with van der Waals surface area (Å²) in [4.78, 5) is 32.3. The zero-order valence-electron chi connectivity index (χ0n) is 18.5. The molecule has 188 valence electrons. The number of carbonyl (C=O) groups excluding carboxylic acids is 1. The minimum atomic E-state index is -1.37. The third-order valence-electron chi connectivity index (χ3n) is 5.71. The molecule has 0 saturated carbocycles. The maximum Gasteiger partial charge on any atom is 0.333 e. The number of hydrogen-bond donors (Lipinski definition) is 3. The number of allylic oxidation sites excluding steroid dienone is 1. The van der Waals surface area contributed by atoms with Gasteiger partial charge in [-0.25, -0.2) is 27.3 Å². The topological polar surface area (TPSA) is 144 Å². The van der Waals surface area contributed by atoms with Gasteiger partial charge in [-0.05, 0) is 48.9 Å². The van der Waals surface area contributed by atoms with E-state index < -0.39 is 47.1 Å². The number of nitrogens with zero attached hydrogens (tertiary/aromatic N) is 3. The van der Waals surface area contributed by atoms with Crippen LogP contribution in [0, 0.1) is 23.3 Å². The summed E-state index contributed by atoms with van der Waals surface area (Å²) in [5, 5.41) is 15.8. The van der Waals surface area contributed by atoms with Crippen LogP contribution < -0.4 is 11.1 Å². The highest BCUT2D eigenvalue weighted by Crippen LogP contribution is 2.37. The molecule has 1 aliphatic rings. The van der Waals surface area contributed by atoms with E-state index in [0.29, 0.717) is 6.07 Å². The second-order valence-electron chi connectivity index (χ2n) is 8.17. The van der Waals surface area contributed by atoms with E-state index in [1.54, 1.807) is 0 Å². The number of pyridine rings is 1. The molecular weight excluding hydrogens is 486 g/mol. The summed E-state index contributed by atoms with van der Waals surface area (Å²) in [7, 11) is 0. The number of carbonyl (C=O) groups is 2. The molecule has 0 saturated heterocycles. The lowest BCUT2D eigenvalue weighted by molar-refractivity contribution is -0.133. The molecule has 1 aliphatic carbocycles. The van der Waals surface area contributed by atoms with Gasteiger partial charge in [-0.3, -0.25) is 4.79 Å². The second-order valence-corrected chi connectivity index (χ2v) is 8.17. The Kier molecular flexibility index (Phi) is 7.10.